The molecule has 16 heavy (non-hydrogen) atoms. The van der Waals surface area contributed by atoms with Crippen LogP contribution in [-0.4, -0.2) is 48.8 Å². The van der Waals surface area contributed by atoms with Crippen LogP contribution in [0.4, 0.5) is 0 Å². The molecule has 0 radical (unpaired) electrons. The van der Waals surface area contributed by atoms with Crippen LogP contribution < -0.4 is 0 Å². The van der Waals surface area contributed by atoms with E-state index in [9.17, 15) is 9.59 Å². The Morgan fingerprint density at radius 3 is 2.44 bits per heavy atom. The summed E-state index contributed by atoms with van der Waals surface area (Å²) in [6.07, 6.45) is 1.83. The lowest BCUT2D eigenvalue weighted by molar-refractivity contribution is -0.141. The van der Waals surface area contributed by atoms with Crippen molar-refractivity contribution in [3.05, 3.63) is 0 Å². The van der Waals surface area contributed by atoms with Gasteiger partial charge >= 0.3 is 0 Å². The largest absolute Gasteiger partial charge is 0.349 e. The van der Waals surface area contributed by atoms with Gasteiger partial charge in [0.15, 0.2) is 0 Å². The van der Waals surface area contributed by atoms with Gasteiger partial charge in [-0.2, -0.15) is 0 Å². The van der Waals surface area contributed by atoms with Gasteiger partial charge in [0.2, 0.25) is 11.8 Å². The van der Waals surface area contributed by atoms with Crippen LogP contribution in [0.15, 0.2) is 0 Å². The molecule has 1 aliphatic heterocycles. The topological polar surface area (TPSA) is 40.6 Å². The summed E-state index contributed by atoms with van der Waals surface area (Å²) in [5, 5.41) is 0. The summed E-state index contributed by atoms with van der Waals surface area (Å²) in [5.74, 6) is 0.317. The highest BCUT2D eigenvalue weighted by Gasteiger charge is 2.29. The van der Waals surface area contributed by atoms with Crippen LogP contribution in [-0.2, 0) is 9.59 Å². The second-order valence-electron chi connectivity index (χ2n) is 5.01. The van der Waals surface area contributed by atoms with Crippen LogP contribution in [0.25, 0.3) is 0 Å². The summed E-state index contributed by atoms with van der Waals surface area (Å²) in [4.78, 5) is 27.1. The van der Waals surface area contributed by atoms with Gasteiger partial charge in [0.1, 0.15) is 0 Å². The van der Waals surface area contributed by atoms with Gasteiger partial charge in [-0.05, 0) is 12.8 Å². The molecular weight excluding hydrogens is 204 g/mol. The second kappa shape index (κ2) is 5.32. The van der Waals surface area contributed by atoms with Crippen LogP contribution in [0.1, 0.15) is 26.7 Å². The molecule has 0 N–H and O–H groups in total. The van der Waals surface area contributed by atoms with Gasteiger partial charge in [0, 0.05) is 33.1 Å². The lowest BCUT2D eigenvalue weighted by atomic mass is 9.96. The first kappa shape index (κ1) is 13.0. The van der Waals surface area contributed by atoms with Gasteiger partial charge in [0.25, 0.3) is 0 Å². The van der Waals surface area contributed by atoms with Gasteiger partial charge in [0.05, 0.1) is 5.92 Å². The van der Waals surface area contributed by atoms with Crippen LogP contribution in [0.5, 0.6) is 0 Å². The minimum absolute atomic E-state index is 0.00792. The Bertz CT molecular complexity index is 248. The molecule has 1 unspecified atom stereocenters. The zero-order chi connectivity index (χ0) is 12.3. The lowest BCUT2D eigenvalue weighted by Gasteiger charge is -2.34. The van der Waals surface area contributed by atoms with E-state index in [0.29, 0.717) is 6.54 Å². The second-order valence-corrected chi connectivity index (χ2v) is 5.01. The van der Waals surface area contributed by atoms with E-state index in [2.05, 4.69) is 0 Å². The fraction of sp³-hybridized carbons (Fsp3) is 0.833. The fourth-order valence-electron chi connectivity index (χ4n) is 2.11. The highest BCUT2D eigenvalue weighted by molar-refractivity contribution is 5.81. The number of amides is 2. The normalized spacial score (nSPS) is 21.1. The van der Waals surface area contributed by atoms with Crippen molar-refractivity contribution in [3.63, 3.8) is 0 Å². The summed E-state index contributed by atoms with van der Waals surface area (Å²) < 4.78 is 0. The molecule has 92 valence electrons. The quantitative estimate of drug-likeness (QED) is 0.704. The SMILES string of the molecule is CC(C)C(=O)N1CCCC(C(=O)N(C)C)C1. The summed E-state index contributed by atoms with van der Waals surface area (Å²) in [7, 11) is 3.54. The molecule has 0 saturated carbocycles. The number of likely N-dealkylation sites (tertiary alicyclic amines) is 1. The number of piperidine rings is 1. The predicted octanol–water partition coefficient (Wildman–Crippen LogP) is 0.969. The Labute approximate surface area is 97.6 Å². The van der Waals surface area contributed by atoms with Crippen LogP contribution in [0, 0.1) is 11.8 Å². The zero-order valence-corrected chi connectivity index (χ0v) is 10.7. The molecule has 0 aromatic heterocycles. The zero-order valence-electron chi connectivity index (χ0n) is 10.7. The molecule has 0 spiro atoms. The maximum atomic E-state index is 11.8. The van der Waals surface area contributed by atoms with Crippen molar-refractivity contribution < 1.29 is 9.59 Å². The minimum Gasteiger partial charge on any atom is -0.349 e. The number of hydrogen-bond acceptors (Lipinski definition) is 2. The van der Waals surface area contributed by atoms with Crippen molar-refractivity contribution >= 4 is 11.8 Å². The molecule has 0 aromatic rings. The summed E-state index contributed by atoms with van der Waals surface area (Å²) >= 11 is 0. The van der Waals surface area contributed by atoms with Crippen molar-refractivity contribution in [2.75, 3.05) is 27.2 Å². The highest BCUT2D eigenvalue weighted by atomic mass is 16.2. The van der Waals surface area contributed by atoms with Crippen LogP contribution in [0.3, 0.4) is 0 Å². The van der Waals surface area contributed by atoms with E-state index in [1.807, 2.05) is 18.7 Å². The van der Waals surface area contributed by atoms with E-state index < -0.39 is 0 Å². The van der Waals surface area contributed by atoms with E-state index in [-0.39, 0.29) is 23.7 Å². The predicted molar refractivity (Wildman–Crippen MR) is 62.8 cm³/mol. The summed E-state index contributed by atoms with van der Waals surface area (Å²) in [6.45, 7) is 5.20. The molecule has 1 fully saturated rings. The highest BCUT2D eigenvalue weighted by Crippen LogP contribution is 2.19. The molecule has 0 aromatic carbocycles. The average Bonchev–Trinajstić information content (AvgIpc) is 2.26. The van der Waals surface area contributed by atoms with Crippen molar-refractivity contribution in [1.29, 1.82) is 0 Å². The van der Waals surface area contributed by atoms with E-state index in [1.54, 1.807) is 19.0 Å². The van der Waals surface area contributed by atoms with E-state index >= 15 is 0 Å². The first-order valence-electron chi connectivity index (χ1n) is 5.93. The Kier molecular flexibility index (Phi) is 4.33. The molecule has 1 heterocycles. The van der Waals surface area contributed by atoms with Crippen LogP contribution in [0.2, 0.25) is 0 Å². The summed E-state index contributed by atoms with van der Waals surface area (Å²) in [6, 6.07) is 0. The maximum Gasteiger partial charge on any atom is 0.226 e. The molecule has 1 saturated heterocycles. The van der Waals surface area contributed by atoms with E-state index in [1.165, 1.54) is 0 Å². The first-order chi connectivity index (χ1) is 7.43. The molecule has 4 nitrogen and oxygen atoms in total. The Hall–Kier alpha value is -1.06. The van der Waals surface area contributed by atoms with Crippen molar-refractivity contribution in [2.24, 2.45) is 11.8 Å². The van der Waals surface area contributed by atoms with Gasteiger partial charge in [-0.15, -0.1) is 0 Å². The molecule has 4 heteroatoms. The molecule has 2 amide bonds. The molecule has 1 atom stereocenters. The van der Waals surface area contributed by atoms with Gasteiger partial charge < -0.3 is 9.80 Å². The fourth-order valence-corrected chi connectivity index (χ4v) is 2.11. The number of rotatable bonds is 2. The van der Waals surface area contributed by atoms with Gasteiger partial charge in [-0.25, -0.2) is 0 Å². The third-order valence-electron chi connectivity index (χ3n) is 3.02. The third-order valence-corrected chi connectivity index (χ3v) is 3.02. The molecule has 1 rings (SSSR count). The van der Waals surface area contributed by atoms with Gasteiger partial charge in [-0.3, -0.25) is 9.59 Å². The standard InChI is InChI=1S/C12H22N2O2/c1-9(2)11(15)14-7-5-6-10(8-14)12(16)13(3)4/h9-10H,5-8H2,1-4H3. The smallest absolute Gasteiger partial charge is 0.226 e. The molecule has 0 aliphatic carbocycles. The lowest BCUT2D eigenvalue weighted by Crippen LogP contribution is -2.46. The van der Waals surface area contributed by atoms with Gasteiger partial charge in [-0.1, -0.05) is 13.8 Å². The minimum atomic E-state index is -0.00792. The molecular formula is C12H22N2O2. The Morgan fingerprint density at radius 1 is 1.31 bits per heavy atom. The van der Waals surface area contributed by atoms with Crippen molar-refractivity contribution in [2.45, 2.75) is 26.7 Å². The molecule has 0 bridgehead atoms. The third kappa shape index (κ3) is 2.97. The molecule has 1 aliphatic rings. The average molecular weight is 226 g/mol. The Balaban J connectivity index is 2.60. The maximum absolute atomic E-state index is 11.8. The van der Waals surface area contributed by atoms with E-state index in [0.717, 1.165) is 19.4 Å². The van der Waals surface area contributed by atoms with E-state index in [4.69, 9.17) is 0 Å². The monoisotopic (exact) mass is 226 g/mol. The van der Waals surface area contributed by atoms with Crippen molar-refractivity contribution in [3.8, 4) is 0 Å². The number of carbonyl (C=O) groups excluding carboxylic acids is 2. The first-order valence-corrected chi connectivity index (χ1v) is 5.93. The number of hydrogen-bond donors (Lipinski definition) is 0. The summed E-state index contributed by atoms with van der Waals surface area (Å²) in [5.41, 5.74) is 0. The number of nitrogens with zero attached hydrogens (tertiary/aromatic N) is 2. The van der Waals surface area contributed by atoms with Crippen molar-refractivity contribution in [1.82, 2.24) is 9.80 Å². The Morgan fingerprint density at radius 2 is 1.94 bits per heavy atom. The van der Waals surface area contributed by atoms with Crippen LogP contribution >= 0.6 is 0 Å². The number of carbonyl (C=O) groups is 2.